The maximum absolute atomic E-state index is 13.4. The lowest BCUT2D eigenvalue weighted by atomic mass is 9.95. The van der Waals surface area contributed by atoms with Crippen LogP contribution in [0.2, 0.25) is 0 Å². The van der Waals surface area contributed by atoms with Crippen LogP contribution in [0.3, 0.4) is 0 Å². The minimum absolute atomic E-state index is 0.0383. The topological polar surface area (TPSA) is 61.9 Å². The van der Waals surface area contributed by atoms with Gasteiger partial charge in [-0.25, -0.2) is 0 Å². The van der Waals surface area contributed by atoms with Crippen molar-refractivity contribution >= 4 is 17.7 Å². The highest BCUT2D eigenvalue weighted by atomic mass is 32.2. The molecular formula is C25H22N4OS. The van der Waals surface area contributed by atoms with Gasteiger partial charge in [-0.2, -0.15) is 5.10 Å². The molecule has 0 saturated carbocycles. The number of fused-ring (bicyclic) bond motifs is 1. The highest BCUT2D eigenvalue weighted by Crippen LogP contribution is 2.43. The van der Waals surface area contributed by atoms with Crippen LogP contribution in [0.25, 0.3) is 11.3 Å². The predicted molar refractivity (Wildman–Crippen MR) is 123 cm³/mol. The molecule has 1 unspecified atom stereocenters. The third kappa shape index (κ3) is 3.53. The summed E-state index contributed by atoms with van der Waals surface area (Å²) in [4.78, 5) is 20.8. The summed E-state index contributed by atoms with van der Waals surface area (Å²) in [6.07, 6.45) is 5.62. The average Bonchev–Trinajstić information content (AvgIpc) is 3.35. The number of nitrogens with zero attached hydrogens (tertiary/aromatic N) is 3. The number of rotatable bonds is 5. The molecule has 3 heterocycles. The Morgan fingerprint density at radius 3 is 2.52 bits per heavy atom. The minimum Gasteiger partial charge on any atom is -0.322 e. The third-order valence-electron chi connectivity index (χ3n) is 5.70. The number of carbonyl (C=O) groups is 1. The lowest BCUT2D eigenvalue weighted by molar-refractivity contribution is 0.0730. The van der Waals surface area contributed by atoms with Gasteiger partial charge in [0.2, 0.25) is 0 Å². The van der Waals surface area contributed by atoms with E-state index in [1.54, 1.807) is 18.0 Å². The molecule has 0 radical (unpaired) electrons. The van der Waals surface area contributed by atoms with Crippen LogP contribution in [0.4, 0.5) is 0 Å². The highest BCUT2D eigenvalue weighted by molar-refractivity contribution is 7.98. The number of H-pyrrole nitrogens is 1. The van der Waals surface area contributed by atoms with Crippen molar-refractivity contribution in [3.63, 3.8) is 0 Å². The number of aryl methyl sites for hydroxylation is 1. The number of thioether (sulfide) groups is 1. The van der Waals surface area contributed by atoms with Crippen LogP contribution in [0.1, 0.15) is 38.8 Å². The molecule has 2 aromatic carbocycles. The largest absolute Gasteiger partial charge is 0.322 e. The number of hydrogen-bond donors (Lipinski definition) is 1. The summed E-state index contributed by atoms with van der Waals surface area (Å²) < 4.78 is 0. The first-order valence-corrected chi connectivity index (χ1v) is 11.4. The Morgan fingerprint density at radius 2 is 1.84 bits per heavy atom. The number of benzene rings is 2. The Balaban J connectivity index is 1.63. The van der Waals surface area contributed by atoms with Crippen molar-refractivity contribution < 1.29 is 4.79 Å². The molecule has 154 valence electrons. The zero-order valence-electron chi connectivity index (χ0n) is 17.4. The van der Waals surface area contributed by atoms with Crippen molar-refractivity contribution in [3.8, 4) is 11.3 Å². The number of nitrogens with one attached hydrogen (secondary N) is 1. The number of carbonyl (C=O) groups excluding carboxylic acids is 1. The molecule has 4 aromatic rings. The lowest BCUT2D eigenvalue weighted by Crippen LogP contribution is -2.29. The van der Waals surface area contributed by atoms with Crippen LogP contribution in [0, 0.1) is 6.92 Å². The van der Waals surface area contributed by atoms with E-state index in [0.717, 1.165) is 27.9 Å². The summed E-state index contributed by atoms with van der Waals surface area (Å²) in [6.45, 7) is 2.55. The second-order valence-corrected chi connectivity index (χ2v) is 8.58. The Labute approximate surface area is 185 Å². The van der Waals surface area contributed by atoms with Crippen LogP contribution in [0.5, 0.6) is 0 Å². The van der Waals surface area contributed by atoms with Crippen molar-refractivity contribution in [2.75, 3.05) is 6.26 Å². The number of pyridine rings is 1. The first kappa shape index (κ1) is 19.6. The van der Waals surface area contributed by atoms with Gasteiger partial charge in [0.15, 0.2) is 0 Å². The van der Waals surface area contributed by atoms with E-state index in [1.807, 2.05) is 23.2 Å². The van der Waals surface area contributed by atoms with E-state index in [4.69, 9.17) is 0 Å². The van der Waals surface area contributed by atoms with Gasteiger partial charge < -0.3 is 4.90 Å². The number of amides is 1. The van der Waals surface area contributed by atoms with E-state index in [9.17, 15) is 4.79 Å². The Kier molecular flexibility index (Phi) is 5.08. The highest BCUT2D eigenvalue weighted by Gasteiger charge is 2.42. The van der Waals surface area contributed by atoms with Crippen molar-refractivity contribution in [3.05, 3.63) is 101 Å². The van der Waals surface area contributed by atoms with Crippen LogP contribution in [-0.2, 0) is 6.54 Å². The lowest BCUT2D eigenvalue weighted by Gasteiger charge is -2.26. The van der Waals surface area contributed by atoms with Gasteiger partial charge in [0.25, 0.3) is 5.91 Å². The Morgan fingerprint density at radius 1 is 1.06 bits per heavy atom. The summed E-state index contributed by atoms with van der Waals surface area (Å²) in [5.74, 6) is -0.0383. The SMILES string of the molecule is CSc1ccc(C2c3c(-c4ccc(C)cc4)n[nH]c3C(=O)N2Cc2cccnc2)cc1. The fraction of sp³-hybridized carbons (Fsp3) is 0.160. The second kappa shape index (κ2) is 8.04. The molecule has 1 N–H and O–H groups in total. The smallest absolute Gasteiger partial charge is 0.273 e. The first-order valence-electron chi connectivity index (χ1n) is 10.1. The first-order chi connectivity index (χ1) is 15.2. The van der Waals surface area contributed by atoms with Gasteiger partial charge in [-0.15, -0.1) is 11.8 Å². The van der Waals surface area contributed by atoms with E-state index >= 15 is 0 Å². The van der Waals surface area contributed by atoms with E-state index in [0.29, 0.717) is 12.2 Å². The van der Waals surface area contributed by atoms with Gasteiger partial charge in [-0.05, 0) is 42.5 Å². The molecule has 0 spiro atoms. The van der Waals surface area contributed by atoms with Gasteiger partial charge in [0, 0.05) is 35.0 Å². The zero-order valence-corrected chi connectivity index (χ0v) is 18.2. The van der Waals surface area contributed by atoms with Crippen molar-refractivity contribution in [2.45, 2.75) is 24.4 Å². The average molecular weight is 427 g/mol. The molecule has 2 aromatic heterocycles. The molecule has 0 bridgehead atoms. The number of hydrogen-bond acceptors (Lipinski definition) is 4. The molecule has 6 heteroatoms. The molecule has 0 aliphatic carbocycles. The van der Waals surface area contributed by atoms with Gasteiger partial charge in [-0.1, -0.05) is 48.0 Å². The fourth-order valence-corrected chi connectivity index (χ4v) is 4.52. The molecular weight excluding hydrogens is 404 g/mol. The van der Waals surface area contributed by atoms with Crippen LogP contribution >= 0.6 is 11.8 Å². The number of aromatic nitrogens is 3. The maximum Gasteiger partial charge on any atom is 0.273 e. The molecule has 5 rings (SSSR count). The Bertz CT molecular complexity index is 1220. The van der Waals surface area contributed by atoms with Gasteiger partial charge >= 0.3 is 0 Å². The monoisotopic (exact) mass is 426 g/mol. The summed E-state index contributed by atoms with van der Waals surface area (Å²) >= 11 is 1.71. The third-order valence-corrected chi connectivity index (χ3v) is 6.44. The van der Waals surface area contributed by atoms with Gasteiger partial charge in [-0.3, -0.25) is 14.9 Å². The summed E-state index contributed by atoms with van der Waals surface area (Å²) in [5, 5.41) is 7.58. The molecule has 1 aliphatic rings. The van der Waals surface area contributed by atoms with Gasteiger partial charge in [0.05, 0.1) is 11.7 Å². The molecule has 1 aliphatic heterocycles. The standard InChI is InChI=1S/C25H22N4OS/c1-16-5-7-18(8-6-16)22-21-23(28-27-22)25(30)29(15-17-4-3-13-26-14-17)24(21)19-9-11-20(31-2)12-10-19/h3-14,24H,15H2,1-2H3,(H,27,28). The summed E-state index contributed by atoms with van der Waals surface area (Å²) in [5.41, 5.74) is 6.60. The summed E-state index contributed by atoms with van der Waals surface area (Å²) in [7, 11) is 0. The quantitative estimate of drug-likeness (QED) is 0.443. The zero-order chi connectivity index (χ0) is 21.4. The van der Waals surface area contributed by atoms with E-state index in [2.05, 4.69) is 76.9 Å². The molecule has 31 heavy (non-hydrogen) atoms. The van der Waals surface area contributed by atoms with E-state index in [1.165, 1.54) is 10.5 Å². The second-order valence-electron chi connectivity index (χ2n) is 7.70. The van der Waals surface area contributed by atoms with E-state index < -0.39 is 0 Å². The summed E-state index contributed by atoms with van der Waals surface area (Å²) in [6, 6.07) is 20.4. The molecule has 0 saturated heterocycles. The maximum atomic E-state index is 13.4. The Hall–Kier alpha value is -3.38. The predicted octanol–water partition coefficient (Wildman–Crippen LogP) is 5.25. The minimum atomic E-state index is -0.214. The van der Waals surface area contributed by atoms with Crippen molar-refractivity contribution in [1.29, 1.82) is 0 Å². The normalized spacial score (nSPS) is 15.4. The van der Waals surface area contributed by atoms with Crippen LogP contribution in [0.15, 0.2) is 78.0 Å². The molecule has 5 nitrogen and oxygen atoms in total. The number of aromatic amines is 1. The van der Waals surface area contributed by atoms with Gasteiger partial charge in [0.1, 0.15) is 5.69 Å². The van der Waals surface area contributed by atoms with Crippen LogP contribution in [-0.4, -0.2) is 32.2 Å². The van der Waals surface area contributed by atoms with Crippen molar-refractivity contribution in [2.24, 2.45) is 0 Å². The fourth-order valence-electron chi connectivity index (χ4n) is 4.11. The van der Waals surface area contributed by atoms with E-state index in [-0.39, 0.29) is 11.9 Å². The van der Waals surface area contributed by atoms with Crippen molar-refractivity contribution in [1.82, 2.24) is 20.1 Å². The molecule has 1 atom stereocenters. The molecule has 1 amide bonds. The van der Waals surface area contributed by atoms with Crippen LogP contribution < -0.4 is 0 Å². The molecule has 0 fully saturated rings.